The van der Waals surface area contributed by atoms with E-state index in [0.717, 1.165) is 6.42 Å². The van der Waals surface area contributed by atoms with Crippen LogP contribution in [0.1, 0.15) is 34.1 Å². The van der Waals surface area contributed by atoms with Gasteiger partial charge in [-0.15, -0.1) is 0 Å². The molecule has 1 fully saturated rings. The largest absolute Gasteiger partial charge is 0.481 e. The van der Waals surface area contributed by atoms with Crippen LogP contribution in [-0.4, -0.2) is 47.7 Å². The molecule has 0 aliphatic carbocycles. The van der Waals surface area contributed by atoms with Crippen molar-refractivity contribution in [2.45, 2.75) is 40.2 Å². The van der Waals surface area contributed by atoms with E-state index in [-0.39, 0.29) is 11.8 Å². The van der Waals surface area contributed by atoms with Crippen LogP contribution in [0.15, 0.2) is 0 Å². The summed E-state index contributed by atoms with van der Waals surface area (Å²) in [5, 5.41) is 9.06. The van der Waals surface area contributed by atoms with E-state index in [2.05, 4.69) is 13.8 Å². The van der Waals surface area contributed by atoms with E-state index in [1.54, 1.807) is 11.8 Å². The monoisotopic (exact) mass is 271 g/mol. The first kappa shape index (κ1) is 16.0. The molecule has 0 aromatic heterocycles. The summed E-state index contributed by atoms with van der Waals surface area (Å²) in [5.41, 5.74) is 0. The van der Waals surface area contributed by atoms with E-state index in [4.69, 9.17) is 9.84 Å². The zero-order chi connectivity index (χ0) is 14.6. The molecule has 5 nitrogen and oxygen atoms in total. The Morgan fingerprint density at radius 1 is 1.32 bits per heavy atom. The Kier molecular flexibility index (Phi) is 5.79. The average Bonchev–Trinajstić information content (AvgIpc) is 2.69. The van der Waals surface area contributed by atoms with E-state index < -0.39 is 18.0 Å². The third-order valence-electron chi connectivity index (χ3n) is 3.65. The van der Waals surface area contributed by atoms with Crippen LogP contribution >= 0.6 is 0 Å². The molecule has 1 unspecified atom stereocenters. The van der Waals surface area contributed by atoms with Crippen LogP contribution in [0.25, 0.3) is 0 Å². The van der Waals surface area contributed by atoms with Crippen molar-refractivity contribution < 1.29 is 19.4 Å². The lowest BCUT2D eigenvalue weighted by atomic mass is 9.99. The Balaban J connectivity index is 2.43. The Morgan fingerprint density at radius 2 is 1.95 bits per heavy atom. The minimum atomic E-state index is -0.823. The molecule has 0 aromatic rings. The van der Waals surface area contributed by atoms with E-state index >= 15 is 0 Å². The van der Waals surface area contributed by atoms with E-state index in [1.807, 2.05) is 6.92 Å². The molecule has 0 bridgehead atoms. The minimum Gasteiger partial charge on any atom is -0.481 e. The van der Waals surface area contributed by atoms with Crippen LogP contribution in [0.4, 0.5) is 0 Å². The van der Waals surface area contributed by atoms with Gasteiger partial charge in [0.05, 0.1) is 5.92 Å². The number of hydrogen-bond donors (Lipinski definition) is 1. The smallest absolute Gasteiger partial charge is 0.308 e. The molecule has 19 heavy (non-hydrogen) atoms. The van der Waals surface area contributed by atoms with Crippen LogP contribution in [0.3, 0.4) is 0 Å². The fraction of sp³-hybridized carbons (Fsp3) is 0.857. The van der Waals surface area contributed by atoms with Gasteiger partial charge in [-0.05, 0) is 25.2 Å². The molecule has 5 heteroatoms. The zero-order valence-corrected chi connectivity index (χ0v) is 12.3. The lowest BCUT2D eigenvalue weighted by molar-refractivity contribution is -0.144. The molecule has 1 heterocycles. The third-order valence-corrected chi connectivity index (χ3v) is 3.65. The van der Waals surface area contributed by atoms with E-state index in [9.17, 15) is 9.59 Å². The molecule has 1 rings (SSSR count). The van der Waals surface area contributed by atoms with Crippen molar-refractivity contribution in [3.05, 3.63) is 0 Å². The second kappa shape index (κ2) is 6.89. The summed E-state index contributed by atoms with van der Waals surface area (Å²) in [6.45, 7) is 9.19. The van der Waals surface area contributed by atoms with Crippen LogP contribution in [-0.2, 0) is 14.3 Å². The molecule has 1 amide bonds. The van der Waals surface area contributed by atoms with Crippen molar-refractivity contribution in [3.8, 4) is 0 Å². The molecule has 0 saturated carbocycles. The minimum absolute atomic E-state index is 0.00399. The van der Waals surface area contributed by atoms with Crippen molar-refractivity contribution >= 4 is 11.9 Å². The second-order valence-corrected chi connectivity index (χ2v) is 5.86. The topological polar surface area (TPSA) is 66.8 Å². The van der Waals surface area contributed by atoms with Crippen LogP contribution in [0, 0.1) is 17.8 Å². The number of carboxylic acid groups (broad SMARTS) is 1. The maximum atomic E-state index is 12.1. The number of rotatable bonds is 6. The molecular formula is C14H25NO4. The number of carbonyl (C=O) groups excluding carboxylic acids is 1. The summed E-state index contributed by atoms with van der Waals surface area (Å²) in [7, 11) is 0. The Morgan fingerprint density at radius 3 is 2.42 bits per heavy atom. The Hall–Kier alpha value is -1.10. The maximum Gasteiger partial charge on any atom is 0.308 e. The highest BCUT2D eigenvalue weighted by atomic mass is 16.5. The highest BCUT2D eigenvalue weighted by Gasteiger charge is 2.38. The summed E-state index contributed by atoms with van der Waals surface area (Å²) in [6.07, 6.45) is 0.435. The first-order valence-corrected chi connectivity index (χ1v) is 6.96. The summed E-state index contributed by atoms with van der Waals surface area (Å²) < 4.78 is 5.52. The van der Waals surface area contributed by atoms with E-state index in [0.29, 0.717) is 25.6 Å². The van der Waals surface area contributed by atoms with Gasteiger partial charge in [0, 0.05) is 19.7 Å². The number of carbonyl (C=O) groups is 2. The summed E-state index contributed by atoms with van der Waals surface area (Å²) in [4.78, 5) is 24.8. The SMILES string of the molecule is CC(C)CCOC(C)C(=O)N1C[C@@H](C)[C@H](C(=O)O)C1. The molecule has 1 N–H and O–H groups in total. The standard InChI is InChI=1S/C14H25NO4/c1-9(2)5-6-19-11(4)13(16)15-7-10(3)12(8-15)14(17)18/h9-12H,5-8H2,1-4H3,(H,17,18)/t10-,11?,12-/m1/s1. The van der Waals surface area contributed by atoms with Crippen molar-refractivity contribution in [3.63, 3.8) is 0 Å². The van der Waals surface area contributed by atoms with Crippen molar-refractivity contribution in [2.24, 2.45) is 17.8 Å². The molecule has 0 aromatic carbocycles. The van der Waals surface area contributed by atoms with Crippen molar-refractivity contribution in [2.75, 3.05) is 19.7 Å². The van der Waals surface area contributed by atoms with Crippen molar-refractivity contribution in [1.82, 2.24) is 4.90 Å². The van der Waals surface area contributed by atoms with Crippen LogP contribution < -0.4 is 0 Å². The van der Waals surface area contributed by atoms with Crippen LogP contribution in [0.2, 0.25) is 0 Å². The molecule has 1 saturated heterocycles. The van der Waals surface area contributed by atoms with Gasteiger partial charge < -0.3 is 14.7 Å². The normalized spacial score (nSPS) is 24.8. The second-order valence-electron chi connectivity index (χ2n) is 5.86. The lowest BCUT2D eigenvalue weighted by Crippen LogP contribution is -2.38. The average molecular weight is 271 g/mol. The fourth-order valence-corrected chi connectivity index (χ4v) is 2.28. The number of nitrogens with zero attached hydrogens (tertiary/aromatic N) is 1. The molecule has 1 aliphatic heterocycles. The van der Waals surface area contributed by atoms with Crippen molar-refractivity contribution in [1.29, 1.82) is 0 Å². The fourth-order valence-electron chi connectivity index (χ4n) is 2.28. The van der Waals surface area contributed by atoms with Gasteiger partial charge >= 0.3 is 5.97 Å². The molecule has 3 atom stereocenters. The van der Waals surface area contributed by atoms with Gasteiger partial charge in [0.1, 0.15) is 6.10 Å². The van der Waals surface area contributed by atoms with Gasteiger partial charge in [-0.25, -0.2) is 0 Å². The quantitative estimate of drug-likeness (QED) is 0.797. The predicted octanol–water partition coefficient (Wildman–Crippen LogP) is 1.62. The molecule has 0 radical (unpaired) electrons. The summed E-state index contributed by atoms with van der Waals surface area (Å²) in [5.74, 6) is -0.822. The van der Waals surface area contributed by atoms with Gasteiger partial charge in [-0.3, -0.25) is 9.59 Å². The maximum absolute atomic E-state index is 12.1. The van der Waals surface area contributed by atoms with Gasteiger partial charge in [0.25, 0.3) is 5.91 Å². The van der Waals surface area contributed by atoms with Gasteiger partial charge in [-0.2, -0.15) is 0 Å². The van der Waals surface area contributed by atoms with Crippen LogP contribution in [0.5, 0.6) is 0 Å². The summed E-state index contributed by atoms with van der Waals surface area (Å²) >= 11 is 0. The highest BCUT2D eigenvalue weighted by molar-refractivity contribution is 5.82. The van der Waals surface area contributed by atoms with Gasteiger partial charge in [-0.1, -0.05) is 20.8 Å². The number of hydrogen-bond acceptors (Lipinski definition) is 3. The third kappa shape index (κ3) is 4.49. The first-order valence-electron chi connectivity index (χ1n) is 6.96. The highest BCUT2D eigenvalue weighted by Crippen LogP contribution is 2.24. The first-order chi connectivity index (χ1) is 8.82. The predicted molar refractivity (Wildman–Crippen MR) is 71.7 cm³/mol. The van der Waals surface area contributed by atoms with E-state index in [1.165, 1.54) is 0 Å². The molecule has 1 aliphatic rings. The molecule has 0 spiro atoms. The Labute approximate surface area is 114 Å². The summed E-state index contributed by atoms with van der Waals surface area (Å²) in [6, 6.07) is 0. The number of aliphatic carboxylic acids is 1. The molecule has 110 valence electrons. The van der Waals surface area contributed by atoms with Gasteiger partial charge in [0.15, 0.2) is 0 Å². The van der Waals surface area contributed by atoms with Gasteiger partial charge in [0.2, 0.25) is 0 Å². The number of carboxylic acids is 1. The number of ether oxygens (including phenoxy) is 1. The molecular weight excluding hydrogens is 246 g/mol. The number of amides is 1. The Bertz CT molecular complexity index is 329. The zero-order valence-electron chi connectivity index (χ0n) is 12.3. The number of likely N-dealkylation sites (tertiary alicyclic amines) is 1. The lowest BCUT2D eigenvalue weighted by Gasteiger charge is -2.21.